The second kappa shape index (κ2) is 8.04. The molecule has 3 heterocycles. The number of benzene rings is 1. The van der Waals surface area contributed by atoms with E-state index in [2.05, 4.69) is 28.1 Å². The lowest BCUT2D eigenvalue weighted by Gasteiger charge is -2.14. The van der Waals surface area contributed by atoms with Crippen LogP contribution in [-0.2, 0) is 16.6 Å². The van der Waals surface area contributed by atoms with Crippen molar-refractivity contribution in [1.82, 2.24) is 14.2 Å². The fourth-order valence-electron chi connectivity index (χ4n) is 3.77. The van der Waals surface area contributed by atoms with Crippen LogP contribution in [0.5, 0.6) is 0 Å². The zero-order valence-corrected chi connectivity index (χ0v) is 17.2. The molecule has 1 aromatic carbocycles. The van der Waals surface area contributed by atoms with Crippen molar-refractivity contribution < 1.29 is 17.6 Å². The Balaban J connectivity index is 1.35. The van der Waals surface area contributed by atoms with Gasteiger partial charge in [-0.25, -0.2) is 8.42 Å². The molecule has 7 nitrogen and oxygen atoms in total. The topological polar surface area (TPSA) is 84.5 Å². The molecule has 29 heavy (non-hydrogen) atoms. The Labute approximate surface area is 170 Å². The summed E-state index contributed by atoms with van der Waals surface area (Å²) in [6, 6.07) is 11.6. The van der Waals surface area contributed by atoms with E-state index in [1.54, 1.807) is 6.92 Å². The number of furan rings is 1. The number of hydrogen-bond acceptors (Lipinski definition) is 4. The van der Waals surface area contributed by atoms with Crippen LogP contribution in [0.25, 0.3) is 10.9 Å². The van der Waals surface area contributed by atoms with Crippen LogP contribution in [0.15, 0.2) is 51.9 Å². The molecule has 0 radical (unpaired) electrons. The molecule has 0 unspecified atom stereocenters. The van der Waals surface area contributed by atoms with Crippen LogP contribution < -0.4 is 5.32 Å². The van der Waals surface area contributed by atoms with Gasteiger partial charge in [0.05, 0.1) is 0 Å². The van der Waals surface area contributed by atoms with Gasteiger partial charge >= 0.3 is 0 Å². The van der Waals surface area contributed by atoms with Gasteiger partial charge in [-0.15, -0.1) is 0 Å². The van der Waals surface area contributed by atoms with Crippen molar-refractivity contribution in [1.29, 1.82) is 0 Å². The molecule has 0 bridgehead atoms. The first kappa shape index (κ1) is 19.7. The van der Waals surface area contributed by atoms with E-state index in [0.717, 1.165) is 31.3 Å². The van der Waals surface area contributed by atoms with Crippen LogP contribution in [0.2, 0.25) is 0 Å². The van der Waals surface area contributed by atoms with Gasteiger partial charge in [-0.1, -0.05) is 18.2 Å². The number of aryl methyl sites for hydroxylation is 2. The van der Waals surface area contributed by atoms with E-state index in [1.807, 2.05) is 18.3 Å². The number of aromatic nitrogens is 1. The van der Waals surface area contributed by atoms with E-state index in [-0.39, 0.29) is 16.4 Å². The predicted octanol–water partition coefficient (Wildman–Crippen LogP) is 3.15. The minimum atomic E-state index is -3.60. The molecule has 1 saturated heterocycles. The average molecular weight is 416 g/mol. The molecule has 0 aliphatic carbocycles. The quantitative estimate of drug-likeness (QED) is 0.601. The summed E-state index contributed by atoms with van der Waals surface area (Å²) < 4.78 is 34.5. The number of carbonyl (C=O) groups excluding carboxylic acids is 1. The van der Waals surface area contributed by atoms with E-state index >= 15 is 0 Å². The number of sulfonamides is 1. The highest BCUT2D eigenvalue weighted by molar-refractivity contribution is 7.89. The first-order valence-corrected chi connectivity index (χ1v) is 11.3. The van der Waals surface area contributed by atoms with Crippen molar-refractivity contribution in [3.05, 3.63) is 54.1 Å². The van der Waals surface area contributed by atoms with Crippen molar-refractivity contribution in [3.63, 3.8) is 0 Å². The van der Waals surface area contributed by atoms with Crippen LogP contribution in [0, 0.1) is 6.92 Å². The molecule has 8 heteroatoms. The molecular weight excluding hydrogens is 390 g/mol. The highest BCUT2D eigenvalue weighted by Crippen LogP contribution is 2.26. The largest absolute Gasteiger partial charge is 0.455 e. The maximum absolute atomic E-state index is 12.7. The fourth-order valence-corrected chi connectivity index (χ4v) is 5.45. The maximum atomic E-state index is 12.7. The summed E-state index contributed by atoms with van der Waals surface area (Å²) in [5, 5.41) is 4.01. The minimum absolute atomic E-state index is 0.0340. The second-order valence-electron chi connectivity index (χ2n) is 7.32. The number of nitrogens with one attached hydrogen (secondary N) is 1. The number of carbonyl (C=O) groups is 1. The van der Waals surface area contributed by atoms with Crippen molar-refractivity contribution >= 4 is 26.8 Å². The van der Waals surface area contributed by atoms with Crippen molar-refractivity contribution in [2.75, 3.05) is 19.6 Å². The smallest absolute Gasteiger partial charge is 0.287 e. The molecule has 1 aliphatic heterocycles. The lowest BCUT2D eigenvalue weighted by Crippen LogP contribution is -2.28. The Morgan fingerprint density at radius 1 is 1.17 bits per heavy atom. The molecule has 4 rings (SSSR count). The van der Waals surface area contributed by atoms with Crippen LogP contribution in [0.4, 0.5) is 0 Å². The zero-order valence-electron chi connectivity index (χ0n) is 16.4. The molecule has 0 spiro atoms. The third-order valence-electron chi connectivity index (χ3n) is 5.32. The molecule has 3 aromatic rings. The summed E-state index contributed by atoms with van der Waals surface area (Å²) in [6.45, 7) is 3.86. The Morgan fingerprint density at radius 2 is 1.93 bits per heavy atom. The summed E-state index contributed by atoms with van der Waals surface area (Å²) in [5.41, 5.74) is 1.16. The highest BCUT2D eigenvalue weighted by Gasteiger charge is 2.31. The summed E-state index contributed by atoms with van der Waals surface area (Å²) in [4.78, 5) is 12.5. The van der Waals surface area contributed by atoms with E-state index in [4.69, 9.17) is 4.42 Å². The van der Waals surface area contributed by atoms with Crippen LogP contribution in [0.1, 0.15) is 35.6 Å². The first-order valence-electron chi connectivity index (χ1n) is 9.89. The molecule has 1 amide bonds. The van der Waals surface area contributed by atoms with Crippen LogP contribution >= 0.6 is 0 Å². The maximum Gasteiger partial charge on any atom is 0.287 e. The fraction of sp³-hybridized carbons (Fsp3) is 0.381. The Bertz CT molecular complexity index is 1120. The van der Waals surface area contributed by atoms with Gasteiger partial charge in [0.2, 0.25) is 10.0 Å². The van der Waals surface area contributed by atoms with Crippen molar-refractivity contribution in [3.8, 4) is 0 Å². The number of hydrogen-bond donors (Lipinski definition) is 1. The van der Waals surface area contributed by atoms with Gasteiger partial charge < -0.3 is 14.3 Å². The Morgan fingerprint density at radius 3 is 2.72 bits per heavy atom. The van der Waals surface area contributed by atoms with Gasteiger partial charge in [-0.2, -0.15) is 4.31 Å². The molecule has 1 N–H and O–H groups in total. The lowest BCUT2D eigenvalue weighted by molar-refractivity contribution is 0.0923. The van der Waals surface area contributed by atoms with Crippen molar-refractivity contribution in [2.24, 2.45) is 0 Å². The van der Waals surface area contributed by atoms with Crippen LogP contribution in [-0.4, -0.2) is 42.8 Å². The summed E-state index contributed by atoms with van der Waals surface area (Å²) >= 11 is 0. The molecule has 0 saturated carbocycles. The molecule has 154 valence electrons. The number of nitrogens with zero attached hydrogens (tertiary/aromatic N) is 2. The van der Waals surface area contributed by atoms with Gasteiger partial charge in [-0.3, -0.25) is 4.79 Å². The second-order valence-corrected chi connectivity index (χ2v) is 9.23. The summed E-state index contributed by atoms with van der Waals surface area (Å²) in [7, 11) is -3.60. The normalized spacial score (nSPS) is 15.2. The number of amides is 1. The van der Waals surface area contributed by atoms with Crippen LogP contribution in [0.3, 0.4) is 0 Å². The number of rotatable bonds is 7. The van der Waals surface area contributed by atoms with Gasteiger partial charge in [0, 0.05) is 44.0 Å². The first-order chi connectivity index (χ1) is 14.0. The summed E-state index contributed by atoms with van der Waals surface area (Å²) in [6.07, 6.45) is 4.52. The molecule has 0 atom stereocenters. The Kier molecular flexibility index (Phi) is 5.47. The lowest BCUT2D eigenvalue weighted by atomic mass is 10.2. The van der Waals surface area contributed by atoms with Crippen molar-refractivity contribution in [2.45, 2.75) is 37.6 Å². The monoisotopic (exact) mass is 415 g/mol. The third-order valence-corrected chi connectivity index (χ3v) is 7.33. The standard InChI is InChI=1S/C21H25N3O4S/c1-16-20(29(26,27)24-12-4-5-13-24)15-19(28-16)21(25)22-10-6-11-23-14-9-17-7-2-3-8-18(17)23/h2-3,7-9,14-15H,4-6,10-13H2,1H3,(H,22,25). The van der Waals surface area contributed by atoms with Gasteiger partial charge in [-0.05, 0) is 43.7 Å². The molecule has 1 aliphatic rings. The van der Waals surface area contributed by atoms with E-state index < -0.39 is 15.9 Å². The highest BCUT2D eigenvalue weighted by atomic mass is 32.2. The Hall–Kier alpha value is -2.58. The number of fused-ring (bicyclic) bond motifs is 1. The van der Waals surface area contributed by atoms with E-state index in [1.165, 1.54) is 15.8 Å². The van der Waals surface area contributed by atoms with Gasteiger partial charge in [0.25, 0.3) is 5.91 Å². The van der Waals surface area contributed by atoms with E-state index in [0.29, 0.717) is 19.6 Å². The zero-order chi connectivity index (χ0) is 20.4. The third kappa shape index (κ3) is 3.95. The predicted molar refractivity (Wildman–Crippen MR) is 110 cm³/mol. The molecular formula is C21H25N3O4S. The average Bonchev–Trinajstić information content (AvgIpc) is 3.45. The van der Waals surface area contributed by atoms with Gasteiger partial charge in [0.15, 0.2) is 5.76 Å². The number of para-hydroxylation sites is 1. The van der Waals surface area contributed by atoms with Gasteiger partial charge in [0.1, 0.15) is 10.7 Å². The van der Waals surface area contributed by atoms with E-state index in [9.17, 15) is 13.2 Å². The molecule has 1 fully saturated rings. The summed E-state index contributed by atoms with van der Waals surface area (Å²) in [5.74, 6) is -0.110. The SMILES string of the molecule is Cc1oc(C(=O)NCCCn2ccc3ccccc32)cc1S(=O)(=O)N1CCCC1. The minimum Gasteiger partial charge on any atom is -0.455 e. The molecule has 2 aromatic heterocycles.